The summed E-state index contributed by atoms with van der Waals surface area (Å²) in [7, 11) is 0. The van der Waals surface area contributed by atoms with Crippen molar-refractivity contribution in [2.75, 3.05) is 30.4 Å². The first kappa shape index (κ1) is 16.6. The number of aromatic nitrogens is 1. The Morgan fingerprint density at radius 3 is 2.75 bits per heavy atom. The summed E-state index contributed by atoms with van der Waals surface area (Å²) in [5.41, 5.74) is 2.43. The maximum atomic E-state index is 12.1. The SMILES string of the molecule is CC(=O)Nc1ccc(-c2csc(NC(=O)C3COCCN3)n2)cc1. The molecule has 2 heterocycles. The van der Waals surface area contributed by atoms with E-state index in [0.29, 0.717) is 24.9 Å². The number of thiazole rings is 1. The summed E-state index contributed by atoms with van der Waals surface area (Å²) in [6, 6.07) is 7.04. The number of benzene rings is 1. The lowest BCUT2D eigenvalue weighted by Crippen LogP contribution is -2.48. The minimum Gasteiger partial charge on any atom is -0.378 e. The first-order chi connectivity index (χ1) is 11.6. The number of anilines is 2. The van der Waals surface area contributed by atoms with Crippen LogP contribution in [0, 0.1) is 0 Å². The molecule has 7 nitrogen and oxygen atoms in total. The number of morpholine rings is 1. The van der Waals surface area contributed by atoms with Gasteiger partial charge in [0.1, 0.15) is 6.04 Å². The van der Waals surface area contributed by atoms with Crippen LogP contribution in [0.25, 0.3) is 11.3 Å². The van der Waals surface area contributed by atoms with Crippen LogP contribution >= 0.6 is 11.3 Å². The predicted molar refractivity (Wildman–Crippen MR) is 93.1 cm³/mol. The molecule has 1 aromatic carbocycles. The van der Waals surface area contributed by atoms with Crippen molar-refractivity contribution in [1.29, 1.82) is 0 Å². The van der Waals surface area contributed by atoms with Crippen molar-refractivity contribution in [3.05, 3.63) is 29.6 Å². The standard InChI is InChI=1S/C16H18N4O3S/c1-10(21)18-12-4-2-11(3-5-12)14-9-24-16(19-14)20-15(22)13-8-23-7-6-17-13/h2-5,9,13,17H,6-8H2,1H3,(H,18,21)(H,19,20,22). The number of carbonyl (C=O) groups is 2. The van der Waals surface area contributed by atoms with Gasteiger partial charge in [0.05, 0.1) is 18.9 Å². The third-order valence-electron chi connectivity index (χ3n) is 3.47. The monoisotopic (exact) mass is 346 g/mol. The Balaban J connectivity index is 1.64. The lowest BCUT2D eigenvalue weighted by molar-refractivity contribution is -0.120. The van der Waals surface area contributed by atoms with Crippen LogP contribution < -0.4 is 16.0 Å². The van der Waals surface area contributed by atoms with E-state index in [-0.39, 0.29) is 17.9 Å². The molecule has 126 valence electrons. The highest BCUT2D eigenvalue weighted by Crippen LogP contribution is 2.26. The zero-order valence-corrected chi connectivity index (χ0v) is 14.0. The van der Waals surface area contributed by atoms with Crippen molar-refractivity contribution >= 4 is 34.0 Å². The second-order valence-electron chi connectivity index (χ2n) is 5.37. The third-order valence-corrected chi connectivity index (χ3v) is 4.23. The molecule has 2 amide bonds. The number of carbonyl (C=O) groups excluding carboxylic acids is 2. The van der Waals surface area contributed by atoms with E-state index in [1.807, 2.05) is 29.6 Å². The molecule has 0 spiro atoms. The summed E-state index contributed by atoms with van der Waals surface area (Å²) < 4.78 is 5.28. The minimum absolute atomic E-state index is 0.110. The molecule has 2 aromatic rings. The largest absolute Gasteiger partial charge is 0.378 e. The van der Waals surface area contributed by atoms with Crippen LogP contribution in [-0.2, 0) is 14.3 Å². The van der Waals surface area contributed by atoms with Crippen LogP contribution in [0.15, 0.2) is 29.6 Å². The van der Waals surface area contributed by atoms with E-state index in [2.05, 4.69) is 20.9 Å². The highest BCUT2D eigenvalue weighted by molar-refractivity contribution is 7.14. The fraction of sp³-hybridized carbons (Fsp3) is 0.312. The van der Waals surface area contributed by atoms with Crippen LogP contribution in [0.1, 0.15) is 6.92 Å². The first-order valence-electron chi connectivity index (χ1n) is 7.57. The highest BCUT2D eigenvalue weighted by atomic mass is 32.1. The average molecular weight is 346 g/mol. The van der Waals surface area contributed by atoms with Crippen molar-refractivity contribution < 1.29 is 14.3 Å². The summed E-state index contributed by atoms with van der Waals surface area (Å²) in [6.07, 6.45) is 0. The normalized spacial score (nSPS) is 17.3. The first-order valence-corrected chi connectivity index (χ1v) is 8.45. The molecular formula is C16H18N4O3S. The molecule has 0 radical (unpaired) electrons. The Hall–Kier alpha value is -2.29. The molecule has 24 heavy (non-hydrogen) atoms. The Bertz CT molecular complexity index is 723. The molecule has 1 atom stereocenters. The van der Waals surface area contributed by atoms with Gasteiger partial charge >= 0.3 is 0 Å². The molecule has 1 saturated heterocycles. The van der Waals surface area contributed by atoms with Crippen molar-refractivity contribution in [2.45, 2.75) is 13.0 Å². The number of amides is 2. The Labute approximate surface area is 143 Å². The third kappa shape index (κ3) is 4.16. The van der Waals surface area contributed by atoms with Gasteiger partial charge < -0.3 is 20.7 Å². The van der Waals surface area contributed by atoms with Crippen LogP contribution in [-0.4, -0.2) is 42.6 Å². The predicted octanol–water partition coefficient (Wildman–Crippen LogP) is 1.70. The van der Waals surface area contributed by atoms with E-state index in [9.17, 15) is 9.59 Å². The van der Waals surface area contributed by atoms with Crippen LogP contribution in [0.5, 0.6) is 0 Å². The maximum absolute atomic E-state index is 12.1. The number of ether oxygens (including phenoxy) is 1. The molecule has 0 aliphatic carbocycles. The topological polar surface area (TPSA) is 92.4 Å². The van der Waals surface area contributed by atoms with Crippen molar-refractivity contribution in [3.8, 4) is 11.3 Å². The van der Waals surface area contributed by atoms with Gasteiger partial charge in [-0.3, -0.25) is 9.59 Å². The van der Waals surface area contributed by atoms with E-state index >= 15 is 0 Å². The number of nitrogens with one attached hydrogen (secondary N) is 3. The van der Waals surface area contributed by atoms with Crippen molar-refractivity contribution in [3.63, 3.8) is 0 Å². The highest BCUT2D eigenvalue weighted by Gasteiger charge is 2.22. The second kappa shape index (κ2) is 7.52. The summed E-state index contributed by atoms with van der Waals surface area (Å²) >= 11 is 1.37. The number of nitrogens with zero attached hydrogens (tertiary/aromatic N) is 1. The molecule has 8 heteroatoms. The zero-order valence-electron chi connectivity index (χ0n) is 13.2. The van der Waals surface area contributed by atoms with Gasteiger partial charge in [-0.25, -0.2) is 4.98 Å². The lowest BCUT2D eigenvalue weighted by Gasteiger charge is -2.22. The Morgan fingerprint density at radius 1 is 1.29 bits per heavy atom. The Kier molecular flexibility index (Phi) is 5.19. The zero-order chi connectivity index (χ0) is 16.9. The molecule has 1 aliphatic heterocycles. The fourth-order valence-electron chi connectivity index (χ4n) is 2.32. The van der Waals surface area contributed by atoms with Crippen LogP contribution in [0.4, 0.5) is 10.8 Å². The van der Waals surface area contributed by atoms with Crippen molar-refractivity contribution in [2.24, 2.45) is 0 Å². The molecule has 3 N–H and O–H groups in total. The summed E-state index contributed by atoms with van der Waals surface area (Å²) in [6.45, 7) is 3.13. The second-order valence-corrected chi connectivity index (χ2v) is 6.23. The molecular weight excluding hydrogens is 328 g/mol. The average Bonchev–Trinajstić information content (AvgIpc) is 3.04. The molecule has 1 unspecified atom stereocenters. The Morgan fingerprint density at radius 2 is 2.08 bits per heavy atom. The van der Waals surface area contributed by atoms with E-state index in [1.54, 1.807) is 0 Å². The van der Waals surface area contributed by atoms with Gasteiger partial charge in [-0.2, -0.15) is 0 Å². The van der Waals surface area contributed by atoms with Crippen LogP contribution in [0.3, 0.4) is 0 Å². The van der Waals surface area contributed by atoms with Crippen LogP contribution in [0.2, 0.25) is 0 Å². The van der Waals surface area contributed by atoms with E-state index in [4.69, 9.17) is 4.74 Å². The number of rotatable bonds is 4. The molecule has 0 bridgehead atoms. The van der Waals surface area contributed by atoms with E-state index in [0.717, 1.165) is 16.9 Å². The fourth-order valence-corrected chi connectivity index (χ4v) is 3.04. The van der Waals surface area contributed by atoms with Gasteiger partial charge in [0.25, 0.3) is 0 Å². The molecule has 1 aromatic heterocycles. The van der Waals surface area contributed by atoms with Gasteiger partial charge in [-0.1, -0.05) is 12.1 Å². The van der Waals surface area contributed by atoms with E-state index < -0.39 is 0 Å². The van der Waals surface area contributed by atoms with Crippen molar-refractivity contribution in [1.82, 2.24) is 10.3 Å². The van der Waals surface area contributed by atoms with E-state index in [1.165, 1.54) is 18.3 Å². The molecule has 0 saturated carbocycles. The lowest BCUT2D eigenvalue weighted by atomic mass is 10.1. The molecule has 1 aliphatic rings. The van der Waals surface area contributed by atoms with Gasteiger partial charge in [0, 0.05) is 30.1 Å². The quantitative estimate of drug-likeness (QED) is 0.784. The number of hydrogen-bond acceptors (Lipinski definition) is 6. The molecule has 3 rings (SSSR count). The molecule has 1 fully saturated rings. The van der Waals surface area contributed by atoms with Gasteiger partial charge in [-0.15, -0.1) is 11.3 Å². The summed E-state index contributed by atoms with van der Waals surface area (Å²) in [5.74, 6) is -0.252. The summed E-state index contributed by atoms with van der Waals surface area (Å²) in [5, 5.41) is 11.1. The van der Waals surface area contributed by atoms with Gasteiger partial charge in [-0.05, 0) is 12.1 Å². The van der Waals surface area contributed by atoms with Gasteiger partial charge in [0.2, 0.25) is 11.8 Å². The minimum atomic E-state index is -0.344. The smallest absolute Gasteiger partial charge is 0.245 e. The maximum Gasteiger partial charge on any atom is 0.245 e. The van der Waals surface area contributed by atoms with Gasteiger partial charge in [0.15, 0.2) is 5.13 Å². The summed E-state index contributed by atoms with van der Waals surface area (Å²) in [4.78, 5) is 27.6. The number of hydrogen-bond donors (Lipinski definition) is 3.